The van der Waals surface area contributed by atoms with Crippen molar-refractivity contribution in [3.63, 3.8) is 0 Å². The van der Waals surface area contributed by atoms with Crippen LogP contribution in [0.15, 0.2) is 42.2 Å². The van der Waals surface area contributed by atoms with E-state index < -0.39 is 5.97 Å². The molecule has 0 aliphatic carbocycles. The molecule has 1 N–H and O–H groups in total. The van der Waals surface area contributed by atoms with Crippen LogP contribution in [0.5, 0.6) is 0 Å². The molecule has 0 bridgehead atoms. The first-order chi connectivity index (χ1) is 7.74. The number of carboxylic acids is 1. The van der Waals surface area contributed by atoms with Crippen LogP contribution < -0.4 is 0 Å². The fourth-order valence-electron chi connectivity index (χ4n) is 1.22. The van der Waals surface area contributed by atoms with E-state index in [1.54, 1.807) is 6.08 Å². The second kappa shape index (κ2) is 6.67. The number of aliphatic carboxylic acids is 1. The molecule has 3 heteroatoms. The molecule has 0 aliphatic heterocycles. The largest absolute Gasteiger partial charge is 0.482 e. The molecule has 1 rings (SSSR count). The van der Waals surface area contributed by atoms with Crippen molar-refractivity contribution in [1.29, 1.82) is 0 Å². The Morgan fingerprint density at radius 3 is 2.62 bits per heavy atom. The molecule has 16 heavy (non-hydrogen) atoms. The van der Waals surface area contributed by atoms with Crippen LogP contribution in [-0.4, -0.2) is 11.1 Å². The number of ether oxygens (including phenoxy) is 1. The van der Waals surface area contributed by atoms with Crippen LogP contribution in [0, 0.1) is 0 Å². The normalized spacial score (nSPS) is 11.2. The van der Waals surface area contributed by atoms with Gasteiger partial charge >= 0.3 is 5.97 Å². The third-order valence-electron chi connectivity index (χ3n) is 2.07. The molecular weight excluding hydrogens is 204 g/mol. The third kappa shape index (κ3) is 4.17. The molecule has 0 heterocycles. The second-order valence-corrected chi connectivity index (χ2v) is 3.44. The van der Waals surface area contributed by atoms with Gasteiger partial charge in [0.25, 0.3) is 0 Å². The summed E-state index contributed by atoms with van der Waals surface area (Å²) in [4.78, 5) is 10.8. The van der Waals surface area contributed by atoms with Crippen molar-refractivity contribution in [2.45, 2.75) is 26.4 Å². The van der Waals surface area contributed by atoms with Gasteiger partial charge in [0.2, 0.25) is 5.76 Å². The number of hydrogen-bond acceptors (Lipinski definition) is 2. The van der Waals surface area contributed by atoms with Gasteiger partial charge in [0, 0.05) is 0 Å². The minimum Gasteiger partial charge on any atom is -0.482 e. The van der Waals surface area contributed by atoms with Gasteiger partial charge in [-0.05, 0) is 18.1 Å². The van der Waals surface area contributed by atoms with Crippen LogP contribution in [-0.2, 0) is 16.1 Å². The molecule has 0 atom stereocenters. The van der Waals surface area contributed by atoms with Crippen molar-refractivity contribution >= 4 is 5.97 Å². The molecule has 0 radical (unpaired) electrons. The summed E-state index contributed by atoms with van der Waals surface area (Å²) in [6, 6.07) is 9.51. The van der Waals surface area contributed by atoms with E-state index in [0.717, 1.165) is 18.4 Å². The van der Waals surface area contributed by atoms with Gasteiger partial charge in [-0.1, -0.05) is 43.7 Å². The standard InChI is InChI=1S/C13H16O3/c1-2-3-9-12(13(14)15)16-10-11-7-5-4-6-8-11/h4-9H,2-3,10H2,1H3,(H,14,15)/b12-9+. The van der Waals surface area contributed by atoms with Gasteiger partial charge in [0.05, 0.1) is 0 Å². The zero-order valence-electron chi connectivity index (χ0n) is 9.35. The molecule has 0 aliphatic rings. The van der Waals surface area contributed by atoms with Crippen LogP contribution in [0.4, 0.5) is 0 Å². The van der Waals surface area contributed by atoms with Crippen molar-refractivity contribution in [2.75, 3.05) is 0 Å². The van der Waals surface area contributed by atoms with E-state index in [0.29, 0.717) is 6.61 Å². The first-order valence-corrected chi connectivity index (χ1v) is 5.34. The monoisotopic (exact) mass is 220 g/mol. The average molecular weight is 220 g/mol. The highest BCUT2D eigenvalue weighted by molar-refractivity contribution is 5.84. The first-order valence-electron chi connectivity index (χ1n) is 5.34. The Bertz CT molecular complexity index is 355. The zero-order chi connectivity index (χ0) is 11.8. The lowest BCUT2D eigenvalue weighted by Gasteiger charge is -2.06. The van der Waals surface area contributed by atoms with Crippen molar-refractivity contribution in [1.82, 2.24) is 0 Å². The molecule has 0 aromatic heterocycles. The third-order valence-corrected chi connectivity index (χ3v) is 2.07. The summed E-state index contributed by atoms with van der Waals surface area (Å²) in [5.41, 5.74) is 0.964. The van der Waals surface area contributed by atoms with Crippen molar-refractivity contribution in [2.24, 2.45) is 0 Å². The summed E-state index contributed by atoms with van der Waals surface area (Å²) in [5, 5.41) is 8.88. The molecule has 0 spiro atoms. The van der Waals surface area contributed by atoms with Gasteiger partial charge in [0.1, 0.15) is 6.61 Å². The van der Waals surface area contributed by atoms with Gasteiger partial charge in [-0.3, -0.25) is 0 Å². The van der Waals surface area contributed by atoms with Crippen molar-refractivity contribution in [3.8, 4) is 0 Å². The Labute approximate surface area is 95.4 Å². The lowest BCUT2D eigenvalue weighted by atomic mass is 10.2. The van der Waals surface area contributed by atoms with Crippen LogP contribution in [0.1, 0.15) is 25.3 Å². The number of unbranched alkanes of at least 4 members (excludes halogenated alkanes) is 1. The fourth-order valence-corrected chi connectivity index (χ4v) is 1.22. The summed E-state index contributed by atoms with van der Waals surface area (Å²) in [7, 11) is 0. The fraction of sp³-hybridized carbons (Fsp3) is 0.308. The molecule has 0 amide bonds. The van der Waals surface area contributed by atoms with Crippen molar-refractivity contribution in [3.05, 3.63) is 47.7 Å². The van der Waals surface area contributed by atoms with E-state index >= 15 is 0 Å². The maximum atomic E-state index is 10.8. The highest BCUT2D eigenvalue weighted by Gasteiger charge is 2.07. The summed E-state index contributed by atoms with van der Waals surface area (Å²) < 4.78 is 5.25. The summed E-state index contributed by atoms with van der Waals surface area (Å²) >= 11 is 0. The summed E-state index contributed by atoms with van der Waals surface area (Å²) in [5.74, 6) is -0.977. The molecule has 1 aromatic carbocycles. The Morgan fingerprint density at radius 1 is 1.38 bits per heavy atom. The van der Waals surface area contributed by atoms with Gasteiger partial charge < -0.3 is 9.84 Å². The molecular formula is C13H16O3. The average Bonchev–Trinajstić information content (AvgIpc) is 2.30. The predicted molar refractivity (Wildman–Crippen MR) is 61.9 cm³/mol. The van der Waals surface area contributed by atoms with E-state index in [-0.39, 0.29) is 5.76 Å². The van der Waals surface area contributed by atoms with E-state index in [2.05, 4.69) is 0 Å². The molecule has 86 valence electrons. The zero-order valence-corrected chi connectivity index (χ0v) is 9.35. The van der Waals surface area contributed by atoms with Gasteiger partial charge in [-0.2, -0.15) is 0 Å². The molecule has 0 fully saturated rings. The van der Waals surface area contributed by atoms with Crippen molar-refractivity contribution < 1.29 is 14.6 Å². The topological polar surface area (TPSA) is 46.5 Å². The maximum Gasteiger partial charge on any atom is 0.370 e. The molecule has 0 saturated heterocycles. The van der Waals surface area contributed by atoms with E-state index in [1.165, 1.54) is 0 Å². The molecule has 0 unspecified atom stereocenters. The lowest BCUT2D eigenvalue weighted by molar-refractivity contribution is -0.136. The summed E-state index contributed by atoms with van der Waals surface area (Å²) in [6.45, 7) is 2.29. The molecule has 1 aromatic rings. The SMILES string of the molecule is CCC/C=C(/OCc1ccccc1)C(=O)O. The number of hydrogen-bond donors (Lipinski definition) is 1. The van der Waals surface area contributed by atoms with Crippen LogP contribution in [0.3, 0.4) is 0 Å². The highest BCUT2D eigenvalue weighted by atomic mass is 16.5. The number of carboxylic acid groups (broad SMARTS) is 1. The number of allylic oxidation sites excluding steroid dienone is 1. The van der Waals surface area contributed by atoms with E-state index in [4.69, 9.17) is 9.84 Å². The smallest absolute Gasteiger partial charge is 0.370 e. The number of carbonyl (C=O) groups is 1. The van der Waals surface area contributed by atoms with Gasteiger partial charge in [0.15, 0.2) is 0 Å². The lowest BCUT2D eigenvalue weighted by Crippen LogP contribution is -2.05. The minimum absolute atomic E-state index is 0.0331. The Balaban J connectivity index is 2.54. The Morgan fingerprint density at radius 2 is 2.06 bits per heavy atom. The van der Waals surface area contributed by atoms with Crippen LogP contribution in [0.25, 0.3) is 0 Å². The molecule has 0 saturated carbocycles. The Kier molecular flexibility index (Phi) is 5.12. The maximum absolute atomic E-state index is 10.8. The minimum atomic E-state index is -1.01. The van der Waals surface area contributed by atoms with E-state index in [1.807, 2.05) is 37.3 Å². The Hall–Kier alpha value is -1.77. The van der Waals surface area contributed by atoms with Crippen LogP contribution in [0.2, 0.25) is 0 Å². The molecule has 3 nitrogen and oxygen atoms in total. The first kappa shape index (κ1) is 12.3. The number of benzene rings is 1. The quantitative estimate of drug-likeness (QED) is 0.592. The highest BCUT2D eigenvalue weighted by Crippen LogP contribution is 2.07. The second-order valence-electron chi connectivity index (χ2n) is 3.44. The number of rotatable bonds is 6. The van der Waals surface area contributed by atoms with E-state index in [9.17, 15) is 4.79 Å². The summed E-state index contributed by atoms with van der Waals surface area (Å²) in [6.07, 6.45) is 3.24. The van der Waals surface area contributed by atoms with Crippen LogP contribution >= 0.6 is 0 Å². The van der Waals surface area contributed by atoms with Gasteiger partial charge in [-0.25, -0.2) is 4.79 Å². The van der Waals surface area contributed by atoms with Gasteiger partial charge in [-0.15, -0.1) is 0 Å². The predicted octanol–water partition coefficient (Wildman–Crippen LogP) is 2.97.